The van der Waals surface area contributed by atoms with Crippen molar-refractivity contribution in [2.24, 2.45) is 17.8 Å². The van der Waals surface area contributed by atoms with Gasteiger partial charge in [0, 0.05) is 30.4 Å². The highest BCUT2D eigenvalue weighted by Gasteiger charge is 2.64. The number of carboxylic acids is 1. The first-order valence-electron chi connectivity index (χ1n) is 17.1. The van der Waals surface area contributed by atoms with E-state index in [2.05, 4.69) is 13.5 Å². The average Bonchev–Trinajstić information content (AvgIpc) is 3.78. The summed E-state index contributed by atoms with van der Waals surface area (Å²) < 4.78 is 24.2. The molecule has 0 amide bonds. The number of carbonyl (C=O) groups excluding carboxylic acids is 1. The minimum Gasteiger partial charge on any atom is -0.658 e. The highest BCUT2D eigenvalue weighted by molar-refractivity contribution is 5.90. The molecule has 1 spiro atoms. The molecule has 4 aliphatic rings. The SMILES string of the molecule is C=C[C@@H]1[C@H](CC(=O)O)C(C(=O)OC)=CC[C@H]1O[C@@H]1O[C@H](CO)[C@]2(C=c3cc([C@H](C)C4CCCC4)[n-]c3=C(CCCO)O2)[C@H](O)[C@]1(O)CC. The normalized spacial score (nSPS) is 34.1. The Labute approximate surface area is 280 Å². The lowest BCUT2D eigenvalue weighted by atomic mass is 9.73. The highest BCUT2D eigenvalue weighted by atomic mass is 16.7. The second-order valence-electron chi connectivity index (χ2n) is 13.6. The number of fused-ring (bicyclic) bond motifs is 1. The maximum absolute atomic E-state index is 12.5. The number of carboxylic acid groups (broad SMARTS) is 1. The van der Waals surface area contributed by atoms with Crippen molar-refractivity contribution in [1.82, 2.24) is 4.98 Å². The van der Waals surface area contributed by atoms with E-state index in [4.69, 9.17) is 23.9 Å². The molecule has 0 bridgehead atoms. The van der Waals surface area contributed by atoms with Gasteiger partial charge in [0.1, 0.15) is 17.8 Å². The molecule has 12 heteroatoms. The molecule has 9 atom stereocenters. The number of ether oxygens (including phenoxy) is 4. The van der Waals surface area contributed by atoms with E-state index in [0.29, 0.717) is 35.1 Å². The lowest BCUT2D eigenvalue weighted by Gasteiger charge is -2.56. The van der Waals surface area contributed by atoms with E-state index >= 15 is 0 Å². The van der Waals surface area contributed by atoms with E-state index in [9.17, 15) is 35.1 Å². The molecule has 0 unspecified atom stereocenters. The number of aliphatic carboxylic acids is 1. The molecule has 5 rings (SSSR count). The first kappa shape index (κ1) is 36.3. The summed E-state index contributed by atoms with van der Waals surface area (Å²) in [6, 6.07) is 1.99. The van der Waals surface area contributed by atoms with Crippen LogP contribution in [0.4, 0.5) is 0 Å². The quantitative estimate of drug-likeness (QED) is 0.150. The van der Waals surface area contributed by atoms with Crippen LogP contribution in [-0.4, -0.2) is 93.6 Å². The van der Waals surface area contributed by atoms with Gasteiger partial charge in [-0.25, -0.2) is 4.79 Å². The van der Waals surface area contributed by atoms with Gasteiger partial charge in [0.05, 0.1) is 32.0 Å². The second kappa shape index (κ2) is 14.9. The Morgan fingerprint density at radius 2 is 1.98 bits per heavy atom. The minimum atomic E-state index is -2.05. The number of aliphatic hydroxyl groups is 4. The summed E-state index contributed by atoms with van der Waals surface area (Å²) in [5, 5.41) is 55.7. The Kier molecular flexibility index (Phi) is 11.2. The predicted octanol–water partition coefficient (Wildman–Crippen LogP) is 1.37. The maximum Gasteiger partial charge on any atom is 0.333 e. The molecule has 2 aliphatic heterocycles. The second-order valence-corrected chi connectivity index (χ2v) is 13.6. The highest BCUT2D eigenvalue weighted by Crippen LogP contribution is 2.46. The standard InChI is InChI=1S/C36H50NO11/c1-5-23-25(17-30(40)41)24(32(42)45-4)13-14-27(23)46-34-35(44,6-2)33(43)36(29(19-39)47-34)18-22-16-26(20(3)21-10-7-8-11-21)37-31(22)28(48-36)12-9-15-38/h5,13,16,18,20-21,23,25,27,29,33-34,38-39,43-44H,1,6-12,14-15,17,19H2,2-4H3,(H,40,41)/q-1/t20-,23-,25+,27-,29-,33-,34-,35-,36-/m1/s1. The van der Waals surface area contributed by atoms with Gasteiger partial charge >= 0.3 is 11.9 Å². The fourth-order valence-corrected chi connectivity index (χ4v) is 8.15. The Bertz CT molecular complexity index is 1500. The van der Waals surface area contributed by atoms with Crippen molar-refractivity contribution in [3.05, 3.63) is 46.6 Å². The van der Waals surface area contributed by atoms with Gasteiger partial charge in [0.2, 0.25) is 0 Å². The van der Waals surface area contributed by atoms with Crippen molar-refractivity contribution >= 4 is 23.8 Å². The van der Waals surface area contributed by atoms with Crippen LogP contribution in [0.2, 0.25) is 0 Å². The van der Waals surface area contributed by atoms with Crippen molar-refractivity contribution in [1.29, 1.82) is 0 Å². The van der Waals surface area contributed by atoms with Crippen LogP contribution >= 0.6 is 0 Å². The third-order valence-corrected chi connectivity index (χ3v) is 11.0. The average molecular weight is 673 g/mol. The zero-order valence-electron chi connectivity index (χ0n) is 28.0. The number of esters is 1. The van der Waals surface area contributed by atoms with Crippen molar-refractivity contribution in [3.63, 3.8) is 0 Å². The maximum atomic E-state index is 12.5. The van der Waals surface area contributed by atoms with Gasteiger partial charge in [-0.3, -0.25) is 4.79 Å². The Morgan fingerprint density at radius 1 is 1.25 bits per heavy atom. The van der Waals surface area contributed by atoms with E-state index in [1.807, 2.05) is 6.07 Å². The van der Waals surface area contributed by atoms with E-state index < -0.39 is 72.6 Å². The van der Waals surface area contributed by atoms with Crippen LogP contribution in [0.1, 0.15) is 83.2 Å². The molecule has 1 aromatic heterocycles. The van der Waals surface area contributed by atoms with E-state index in [1.165, 1.54) is 26.0 Å². The van der Waals surface area contributed by atoms with Crippen LogP contribution in [0.15, 0.2) is 30.4 Å². The molecule has 0 radical (unpaired) electrons. The summed E-state index contributed by atoms with van der Waals surface area (Å²) in [6.45, 7) is 7.02. The lowest BCUT2D eigenvalue weighted by molar-refractivity contribution is -0.365. The third kappa shape index (κ3) is 6.50. The molecule has 3 heterocycles. The van der Waals surface area contributed by atoms with Crippen LogP contribution in [0, 0.1) is 17.8 Å². The number of aliphatic hydroxyl groups excluding tert-OH is 3. The van der Waals surface area contributed by atoms with Gasteiger partial charge in [-0.2, -0.15) is 5.69 Å². The molecular weight excluding hydrogens is 622 g/mol. The molecular formula is C36H50NO11-. The van der Waals surface area contributed by atoms with Crippen molar-refractivity contribution in [2.75, 3.05) is 20.3 Å². The lowest BCUT2D eigenvalue weighted by Crippen LogP contribution is -2.74. The van der Waals surface area contributed by atoms with Gasteiger partial charge in [-0.15, -0.1) is 6.58 Å². The van der Waals surface area contributed by atoms with Gasteiger partial charge in [0.25, 0.3) is 0 Å². The van der Waals surface area contributed by atoms with Crippen LogP contribution in [-0.2, 0) is 28.5 Å². The summed E-state index contributed by atoms with van der Waals surface area (Å²) in [5.41, 5.74) is -2.67. The minimum absolute atomic E-state index is 0.0364. The van der Waals surface area contributed by atoms with Gasteiger partial charge in [-0.1, -0.05) is 50.3 Å². The van der Waals surface area contributed by atoms with Crippen LogP contribution in [0.25, 0.3) is 11.8 Å². The fraction of sp³-hybridized carbons (Fsp3) is 0.667. The molecule has 1 saturated carbocycles. The topological polar surface area (TPSA) is 186 Å². The van der Waals surface area contributed by atoms with Crippen LogP contribution < -0.4 is 15.6 Å². The Hall–Kier alpha value is -3.00. The number of hydrogen-bond acceptors (Lipinski definition) is 10. The summed E-state index contributed by atoms with van der Waals surface area (Å²) >= 11 is 0. The summed E-state index contributed by atoms with van der Waals surface area (Å²) in [5.74, 6) is -2.12. The first-order valence-corrected chi connectivity index (χ1v) is 17.1. The van der Waals surface area contributed by atoms with E-state index in [-0.39, 0.29) is 30.9 Å². The molecule has 48 heavy (non-hydrogen) atoms. The molecule has 12 nitrogen and oxygen atoms in total. The first-order chi connectivity index (χ1) is 23.0. The summed E-state index contributed by atoms with van der Waals surface area (Å²) in [4.78, 5) is 29.3. The number of carbonyl (C=O) groups is 2. The zero-order valence-corrected chi connectivity index (χ0v) is 28.0. The fourth-order valence-electron chi connectivity index (χ4n) is 8.15. The predicted molar refractivity (Wildman–Crippen MR) is 173 cm³/mol. The molecule has 2 aliphatic carbocycles. The number of nitrogens with zero attached hydrogens (tertiary/aromatic N) is 1. The number of hydrogen-bond donors (Lipinski definition) is 5. The van der Waals surface area contributed by atoms with Crippen LogP contribution in [0.5, 0.6) is 0 Å². The van der Waals surface area contributed by atoms with Crippen LogP contribution in [0.3, 0.4) is 0 Å². The van der Waals surface area contributed by atoms with Crippen molar-refractivity contribution < 1.29 is 54.1 Å². The van der Waals surface area contributed by atoms with Crippen molar-refractivity contribution in [3.8, 4) is 0 Å². The third-order valence-electron chi connectivity index (χ3n) is 11.0. The molecule has 1 saturated heterocycles. The Balaban J connectivity index is 1.51. The summed E-state index contributed by atoms with van der Waals surface area (Å²) in [7, 11) is 1.22. The van der Waals surface area contributed by atoms with Gasteiger partial charge < -0.3 is 49.5 Å². The van der Waals surface area contributed by atoms with E-state index in [0.717, 1.165) is 18.5 Å². The molecule has 1 aromatic rings. The van der Waals surface area contributed by atoms with Crippen molar-refractivity contribution in [2.45, 2.75) is 113 Å². The monoisotopic (exact) mass is 672 g/mol. The molecule has 5 N–H and O–H groups in total. The molecule has 2 fully saturated rings. The zero-order chi connectivity index (χ0) is 34.8. The molecule has 266 valence electrons. The van der Waals surface area contributed by atoms with Gasteiger partial charge in [0.15, 0.2) is 11.9 Å². The smallest absolute Gasteiger partial charge is 0.333 e. The number of rotatable bonds is 13. The number of methoxy groups -OCH3 is 1. The van der Waals surface area contributed by atoms with E-state index in [1.54, 1.807) is 19.1 Å². The Morgan fingerprint density at radius 3 is 2.58 bits per heavy atom. The molecule has 0 aromatic carbocycles. The number of aromatic nitrogens is 1. The van der Waals surface area contributed by atoms with Gasteiger partial charge in [-0.05, 0) is 55.2 Å². The largest absolute Gasteiger partial charge is 0.658 e. The summed E-state index contributed by atoms with van der Waals surface area (Å²) in [6.07, 6.45) is 4.71.